The van der Waals surface area contributed by atoms with Gasteiger partial charge in [-0.1, -0.05) is 6.07 Å². The number of benzene rings is 2. The molecule has 1 aromatic heterocycles. The van der Waals surface area contributed by atoms with E-state index in [4.69, 9.17) is 0 Å². The van der Waals surface area contributed by atoms with Gasteiger partial charge in [-0.2, -0.15) is 23.4 Å². The summed E-state index contributed by atoms with van der Waals surface area (Å²) in [6.07, 6.45) is -2.83. The molecule has 0 radical (unpaired) electrons. The predicted octanol–water partition coefficient (Wildman–Crippen LogP) is 6.07. The summed E-state index contributed by atoms with van der Waals surface area (Å²) in [4.78, 5) is 25.5. The van der Waals surface area contributed by atoms with Crippen LogP contribution in [0.1, 0.15) is 38.2 Å². The van der Waals surface area contributed by atoms with Crippen LogP contribution in [-0.4, -0.2) is 39.2 Å². The van der Waals surface area contributed by atoms with Crippen LogP contribution in [0.4, 0.5) is 50.8 Å². The van der Waals surface area contributed by atoms with Crippen molar-refractivity contribution in [3.05, 3.63) is 59.8 Å². The summed E-state index contributed by atoms with van der Waals surface area (Å²) < 4.78 is 67.8. The molecule has 1 atom stereocenters. The van der Waals surface area contributed by atoms with E-state index in [1.54, 1.807) is 30.0 Å². The van der Waals surface area contributed by atoms with Gasteiger partial charge >= 0.3 is 6.18 Å². The summed E-state index contributed by atoms with van der Waals surface area (Å²) in [7, 11) is 0. The molecule has 5 rings (SSSR count). The molecule has 2 N–H and O–H groups in total. The molecule has 1 amide bonds. The number of phenolic OH excluding ortho intramolecular Hbond substituents is 1. The number of amides is 1. The van der Waals surface area contributed by atoms with E-state index in [9.17, 15) is 37.1 Å². The molecule has 0 bridgehead atoms. The van der Waals surface area contributed by atoms with Gasteiger partial charge < -0.3 is 15.3 Å². The lowest BCUT2D eigenvalue weighted by molar-refractivity contribution is -0.182. The number of carbonyl (C=O) groups excluding carboxylic acids is 1. The van der Waals surface area contributed by atoms with Crippen molar-refractivity contribution in [1.82, 2.24) is 9.97 Å². The second-order valence-electron chi connectivity index (χ2n) is 9.78. The summed E-state index contributed by atoms with van der Waals surface area (Å²) >= 11 is 0. The zero-order valence-electron chi connectivity index (χ0n) is 21.1. The number of hydrogen-bond acceptors (Lipinski definition) is 7. The smallest absolute Gasteiger partial charge is 0.391 e. The van der Waals surface area contributed by atoms with Gasteiger partial charge in [0, 0.05) is 23.9 Å². The Hall–Kier alpha value is -4.47. The monoisotopic (exact) mass is 558 g/mol. The number of nitrogens with one attached hydrogen (secondary N) is 1. The number of alkyl halides is 3. The van der Waals surface area contributed by atoms with Gasteiger partial charge in [0.1, 0.15) is 11.7 Å². The van der Waals surface area contributed by atoms with Crippen LogP contribution in [0.2, 0.25) is 0 Å². The Balaban J connectivity index is 1.57. The first kappa shape index (κ1) is 27.1. The number of hydrogen-bond donors (Lipinski definition) is 2. The number of aromatic nitrogens is 2. The average Bonchev–Trinajstić information content (AvgIpc) is 2.92. The van der Waals surface area contributed by atoms with Crippen LogP contribution < -0.4 is 15.1 Å². The fraction of sp³-hybridized carbons (Fsp3) is 0.333. The van der Waals surface area contributed by atoms with E-state index < -0.39 is 41.6 Å². The van der Waals surface area contributed by atoms with Crippen LogP contribution in [-0.2, 0) is 4.79 Å². The van der Waals surface area contributed by atoms with Crippen LogP contribution in [0.25, 0.3) is 0 Å². The Morgan fingerprint density at radius 3 is 2.40 bits per heavy atom. The van der Waals surface area contributed by atoms with Gasteiger partial charge in [-0.25, -0.2) is 13.8 Å². The number of halogens is 5. The van der Waals surface area contributed by atoms with E-state index in [-0.39, 0.29) is 54.7 Å². The van der Waals surface area contributed by atoms with Crippen molar-refractivity contribution in [2.24, 2.45) is 5.92 Å². The Morgan fingerprint density at radius 2 is 1.77 bits per heavy atom. The van der Waals surface area contributed by atoms with E-state index in [1.165, 1.54) is 17.2 Å². The summed E-state index contributed by atoms with van der Waals surface area (Å²) in [5.41, 5.74) is 0.834. The highest BCUT2D eigenvalue weighted by atomic mass is 19.4. The molecule has 1 aliphatic carbocycles. The number of rotatable bonds is 4. The van der Waals surface area contributed by atoms with Gasteiger partial charge in [-0.15, -0.1) is 0 Å². The molecular weight excluding hydrogens is 535 g/mol. The molecule has 1 fully saturated rings. The minimum atomic E-state index is -4.30. The summed E-state index contributed by atoms with van der Waals surface area (Å²) in [6.45, 7) is 1.63. The minimum absolute atomic E-state index is 0.0931. The van der Waals surface area contributed by atoms with E-state index in [0.717, 1.165) is 12.1 Å². The molecule has 0 unspecified atom stereocenters. The maximum Gasteiger partial charge on any atom is 0.391 e. The van der Waals surface area contributed by atoms with Crippen LogP contribution >= 0.6 is 0 Å². The maximum atomic E-state index is 13.9. The molecule has 2 aromatic carbocycles. The minimum Gasteiger partial charge on any atom is -0.503 e. The molecular formula is C27H23F5N6O2. The molecule has 2 aliphatic rings. The molecule has 0 spiro atoms. The number of nitrogens with zero attached hydrogens (tertiary/aromatic N) is 5. The molecule has 1 saturated carbocycles. The molecule has 1 aliphatic heterocycles. The number of phenols is 1. The molecule has 208 valence electrons. The van der Waals surface area contributed by atoms with Gasteiger partial charge in [-0.05, 0) is 50.8 Å². The highest BCUT2D eigenvalue weighted by molar-refractivity contribution is 6.10. The van der Waals surface area contributed by atoms with Crippen molar-refractivity contribution in [2.45, 2.75) is 50.9 Å². The fourth-order valence-corrected chi connectivity index (χ4v) is 5.30. The standard InChI is InChI=1S/C27H23F5N6O2/c1-14-25(40)38(19-4-2-3-15(9-19)12-33)22-13-34-26(35-17-10-20(28)23(39)21(29)11-17)36-24(22)37(14)18-7-5-16(6-8-18)27(30,31)32/h2-4,9-11,13-14,16,18,39H,5-8H2,1H3,(H,34,35,36)/t14-,16?,18?/m1/s1. The molecule has 2 heterocycles. The summed E-state index contributed by atoms with van der Waals surface area (Å²) in [5, 5.41) is 21.4. The first-order chi connectivity index (χ1) is 19.0. The van der Waals surface area contributed by atoms with Gasteiger partial charge in [-0.3, -0.25) is 9.69 Å². The van der Waals surface area contributed by atoms with Crippen molar-refractivity contribution in [3.63, 3.8) is 0 Å². The van der Waals surface area contributed by atoms with Gasteiger partial charge in [0.15, 0.2) is 23.2 Å². The summed E-state index contributed by atoms with van der Waals surface area (Å²) in [5.74, 6) is -5.21. The Bertz CT molecular complexity index is 1480. The molecule has 8 nitrogen and oxygen atoms in total. The lowest BCUT2D eigenvalue weighted by atomic mass is 9.84. The van der Waals surface area contributed by atoms with Gasteiger partial charge in [0.05, 0.1) is 29.4 Å². The van der Waals surface area contributed by atoms with E-state index in [0.29, 0.717) is 11.3 Å². The third-order valence-electron chi connectivity index (χ3n) is 7.29. The van der Waals surface area contributed by atoms with Crippen molar-refractivity contribution >= 4 is 34.7 Å². The molecule has 0 saturated heterocycles. The third-order valence-corrected chi connectivity index (χ3v) is 7.29. The van der Waals surface area contributed by atoms with Gasteiger partial charge in [0.25, 0.3) is 5.91 Å². The highest BCUT2D eigenvalue weighted by Crippen LogP contribution is 2.45. The maximum absolute atomic E-state index is 13.9. The largest absolute Gasteiger partial charge is 0.503 e. The fourth-order valence-electron chi connectivity index (χ4n) is 5.30. The number of nitriles is 1. The normalized spacial score (nSPS) is 21.1. The average molecular weight is 559 g/mol. The van der Waals surface area contributed by atoms with Crippen molar-refractivity contribution in [3.8, 4) is 11.8 Å². The second-order valence-corrected chi connectivity index (χ2v) is 9.78. The predicted molar refractivity (Wildman–Crippen MR) is 135 cm³/mol. The first-order valence-electron chi connectivity index (χ1n) is 12.5. The van der Waals surface area contributed by atoms with Gasteiger partial charge in [0.2, 0.25) is 5.95 Å². The number of anilines is 5. The Labute approximate surface area is 225 Å². The Morgan fingerprint density at radius 1 is 1.10 bits per heavy atom. The van der Waals surface area contributed by atoms with Crippen LogP contribution in [0.5, 0.6) is 5.75 Å². The highest BCUT2D eigenvalue weighted by Gasteiger charge is 2.46. The number of fused-ring (bicyclic) bond motifs is 1. The number of aromatic hydroxyl groups is 1. The number of carbonyl (C=O) groups is 1. The topological polar surface area (TPSA) is 105 Å². The lowest BCUT2D eigenvalue weighted by Gasteiger charge is -2.46. The summed E-state index contributed by atoms with van der Waals surface area (Å²) in [6, 6.07) is 8.79. The second kappa shape index (κ2) is 10.3. The molecule has 3 aromatic rings. The zero-order chi connectivity index (χ0) is 28.8. The van der Waals surface area contributed by atoms with Crippen molar-refractivity contribution in [1.29, 1.82) is 5.26 Å². The van der Waals surface area contributed by atoms with Crippen LogP contribution in [0, 0.1) is 28.9 Å². The van der Waals surface area contributed by atoms with Crippen LogP contribution in [0.15, 0.2) is 42.6 Å². The Kier molecular flexibility index (Phi) is 6.95. The zero-order valence-corrected chi connectivity index (χ0v) is 21.1. The van der Waals surface area contributed by atoms with E-state index in [1.807, 2.05) is 6.07 Å². The first-order valence-corrected chi connectivity index (χ1v) is 12.5. The van der Waals surface area contributed by atoms with E-state index in [2.05, 4.69) is 15.3 Å². The molecule has 13 heteroatoms. The van der Waals surface area contributed by atoms with Crippen LogP contribution in [0.3, 0.4) is 0 Å². The van der Waals surface area contributed by atoms with Crippen molar-refractivity contribution < 1.29 is 31.9 Å². The lowest BCUT2D eigenvalue weighted by Crippen LogP contribution is -2.55. The SMILES string of the molecule is C[C@@H]1C(=O)N(c2cccc(C#N)c2)c2cnc(Nc3cc(F)c(O)c(F)c3)nc2N1C1CCC(C(F)(F)F)CC1. The van der Waals surface area contributed by atoms with Crippen molar-refractivity contribution in [2.75, 3.05) is 15.1 Å². The third kappa shape index (κ3) is 4.97. The quantitative estimate of drug-likeness (QED) is 0.296. The van der Waals surface area contributed by atoms with E-state index >= 15 is 0 Å². The molecule has 40 heavy (non-hydrogen) atoms.